The number of nitrogens with one attached hydrogen (secondary N) is 1. The van der Waals surface area contributed by atoms with Crippen molar-refractivity contribution in [2.75, 3.05) is 13.7 Å². The number of hydrogen-bond donors (Lipinski definition) is 1. The first-order valence-corrected chi connectivity index (χ1v) is 10.1. The summed E-state index contributed by atoms with van der Waals surface area (Å²) in [6.45, 7) is 2.20. The van der Waals surface area contributed by atoms with Crippen LogP contribution in [0.2, 0.25) is 5.02 Å². The van der Waals surface area contributed by atoms with Gasteiger partial charge in [0, 0.05) is 28.9 Å². The van der Waals surface area contributed by atoms with Gasteiger partial charge in [-0.25, -0.2) is 4.98 Å². The van der Waals surface area contributed by atoms with Crippen molar-refractivity contribution in [2.24, 2.45) is 0 Å². The number of para-hydroxylation sites is 2. The molecule has 0 saturated heterocycles. The normalized spacial score (nSPS) is 11.7. The molecule has 1 atom stereocenters. The molecular weight excluding hydrogens is 396 g/mol. The number of benzene rings is 2. The van der Waals surface area contributed by atoms with Gasteiger partial charge in [-0.3, -0.25) is 4.79 Å². The van der Waals surface area contributed by atoms with Crippen molar-refractivity contribution >= 4 is 28.8 Å². The summed E-state index contributed by atoms with van der Waals surface area (Å²) in [6.07, 6.45) is 0.0216. The zero-order chi connectivity index (χ0) is 19.9. The summed E-state index contributed by atoms with van der Waals surface area (Å²) in [7, 11) is 1.57. The average molecular weight is 417 g/mol. The van der Waals surface area contributed by atoms with E-state index in [9.17, 15) is 4.79 Å². The van der Waals surface area contributed by atoms with Gasteiger partial charge in [0.1, 0.15) is 5.01 Å². The lowest BCUT2D eigenvalue weighted by molar-refractivity contribution is -0.127. The second-order valence-corrected chi connectivity index (χ2v) is 7.40. The second-order valence-electron chi connectivity index (χ2n) is 6.10. The number of thiazole rings is 1. The van der Waals surface area contributed by atoms with Crippen LogP contribution in [0.1, 0.15) is 12.6 Å². The van der Waals surface area contributed by atoms with Gasteiger partial charge in [0.05, 0.1) is 12.8 Å². The number of methoxy groups -OCH3 is 1. The smallest absolute Gasteiger partial charge is 0.260 e. The minimum Gasteiger partial charge on any atom is -0.493 e. The van der Waals surface area contributed by atoms with Crippen LogP contribution in [0.4, 0.5) is 0 Å². The van der Waals surface area contributed by atoms with Gasteiger partial charge in [-0.05, 0) is 31.2 Å². The van der Waals surface area contributed by atoms with Crippen LogP contribution in [-0.4, -0.2) is 30.6 Å². The number of rotatable bonds is 8. The predicted molar refractivity (Wildman–Crippen MR) is 112 cm³/mol. The number of nitrogens with zero attached hydrogens (tertiary/aromatic N) is 1. The van der Waals surface area contributed by atoms with E-state index in [-0.39, 0.29) is 5.91 Å². The molecule has 0 radical (unpaired) electrons. The van der Waals surface area contributed by atoms with Crippen LogP contribution in [0, 0.1) is 0 Å². The first kappa shape index (κ1) is 20.2. The summed E-state index contributed by atoms with van der Waals surface area (Å²) >= 11 is 7.50. The molecule has 0 aliphatic carbocycles. The molecule has 0 bridgehead atoms. The Bertz CT molecular complexity index is 927. The van der Waals surface area contributed by atoms with E-state index >= 15 is 0 Å². The number of ether oxygens (including phenoxy) is 2. The number of hydrogen-bond acceptors (Lipinski definition) is 5. The molecular formula is C21H21ClN2O3S. The highest BCUT2D eigenvalue weighted by Gasteiger charge is 2.16. The zero-order valence-corrected chi connectivity index (χ0v) is 17.2. The molecule has 0 aliphatic heterocycles. The van der Waals surface area contributed by atoms with E-state index < -0.39 is 6.10 Å². The largest absolute Gasteiger partial charge is 0.493 e. The molecule has 0 saturated carbocycles. The van der Waals surface area contributed by atoms with E-state index in [1.807, 2.05) is 41.8 Å². The Morgan fingerprint density at radius 1 is 1.18 bits per heavy atom. The molecule has 3 aromatic rings. The van der Waals surface area contributed by atoms with Crippen molar-refractivity contribution in [3.05, 3.63) is 64.6 Å². The monoisotopic (exact) mass is 416 g/mol. The summed E-state index contributed by atoms with van der Waals surface area (Å²) in [5, 5.41) is 6.53. The van der Waals surface area contributed by atoms with Gasteiger partial charge in [0.25, 0.3) is 5.91 Å². The van der Waals surface area contributed by atoms with Crippen LogP contribution in [-0.2, 0) is 11.2 Å². The SMILES string of the molecule is COc1ccccc1O[C@H](C)C(=O)NCCc1csc(-c2ccc(Cl)cc2)n1. The average Bonchev–Trinajstić information content (AvgIpc) is 3.17. The van der Waals surface area contributed by atoms with E-state index in [1.165, 1.54) is 0 Å². The first-order valence-electron chi connectivity index (χ1n) is 8.84. The lowest BCUT2D eigenvalue weighted by Crippen LogP contribution is -2.37. The summed E-state index contributed by atoms with van der Waals surface area (Å²) in [5.41, 5.74) is 1.97. The third kappa shape index (κ3) is 5.24. The Kier molecular flexibility index (Phi) is 6.90. The van der Waals surface area contributed by atoms with Crippen LogP contribution in [0.3, 0.4) is 0 Å². The van der Waals surface area contributed by atoms with Crippen molar-refractivity contribution in [3.8, 4) is 22.1 Å². The van der Waals surface area contributed by atoms with Crippen molar-refractivity contribution < 1.29 is 14.3 Å². The fourth-order valence-corrected chi connectivity index (χ4v) is 3.55. The number of halogens is 1. The first-order chi connectivity index (χ1) is 13.6. The van der Waals surface area contributed by atoms with Crippen LogP contribution >= 0.6 is 22.9 Å². The Balaban J connectivity index is 1.49. The fraction of sp³-hybridized carbons (Fsp3) is 0.238. The number of carbonyl (C=O) groups excluding carboxylic acids is 1. The molecule has 0 unspecified atom stereocenters. The minimum absolute atomic E-state index is 0.181. The summed E-state index contributed by atoms with van der Waals surface area (Å²) in [5.74, 6) is 0.957. The third-order valence-corrected chi connectivity index (χ3v) is 5.26. The van der Waals surface area contributed by atoms with Gasteiger partial charge in [-0.1, -0.05) is 35.9 Å². The van der Waals surface area contributed by atoms with E-state index in [4.69, 9.17) is 21.1 Å². The molecule has 0 aliphatic rings. The molecule has 3 rings (SSSR count). The van der Waals surface area contributed by atoms with Crippen LogP contribution < -0.4 is 14.8 Å². The van der Waals surface area contributed by atoms with Gasteiger partial charge >= 0.3 is 0 Å². The molecule has 0 spiro atoms. The molecule has 1 N–H and O–H groups in total. The van der Waals surface area contributed by atoms with Crippen molar-refractivity contribution in [1.82, 2.24) is 10.3 Å². The molecule has 146 valence electrons. The molecule has 1 amide bonds. The van der Waals surface area contributed by atoms with Crippen molar-refractivity contribution in [1.29, 1.82) is 0 Å². The van der Waals surface area contributed by atoms with Crippen LogP contribution in [0.5, 0.6) is 11.5 Å². The van der Waals surface area contributed by atoms with Crippen LogP contribution in [0.15, 0.2) is 53.9 Å². The quantitative estimate of drug-likeness (QED) is 0.583. The van der Waals surface area contributed by atoms with Gasteiger partial charge in [-0.2, -0.15) is 0 Å². The Morgan fingerprint density at radius 3 is 2.61 bits per heavy atom. The Labute approximate surface area is 173 Å². The third-order valence-electron chi connectivity index (χ3n) is 4.07. The maximum atomic E-state index is 12.3. The summed E-state index contributed by atoms with van der Waals surface area (Å²) in [6, 6.07) is 14.8. The molecule has 7 heteroatoms. The molecule has 28 heavy (non-hydrogen) atoms. The molecule has 1 aromatic heterocycles. The molecule has 2 aromatic carbocycles. The van der Waals surface area contributed by atoms with Crippen molar-refractivity contribution in [3.63, 3.8) is 0 Å². The fourth-order valence-electron chi connectivity index (χ4n) is 2.56. The maximum Gasteiger partial charge on any atom is 0.260 e. The zero-order valence-electron chi connectivity index (χ0n) is 15.6. The van der Waals surface area contributed by atoms with Gasteiger partial charge in [-0.15, -0.1) is 11.3 Å². The van der Waals surface area contributed by atoms with E-state index in [0.29, 0.717) is 29.5 Å². The van der Waals surface area contributed by atoms with E-state index in [1.54, 1.807) is 37.5 Å². The van der Waals surface area contributed by atoms with Crippen molar-refractivity contribution in [2.45, 2.75) is 19.4 Å². The maximum absolute atomic E-state index is 12.3. The molecule has 5 nitrogen and oxygen atoms in total. The van der Waals surface area contributed by atoms with Gasteiger partial charge in [0.15, 0.2) is 17.6 Å². The summed E-state index contributed by atoms with van der Waals surface area (Å²) in [4.78, 5) is 16.9. The lowest BCUT2D eigenvalue weighted by Gasteiger charge is -2.16. The van der Waals surface area contributed by atoms with Gasteiger partial charge < -0.3 is 14.8 Å². The summed E-state index contributed by atoms with van der Waals surface area (Å²) < 4.78 is 11.0. The highest BCUT2D eigenvalue weighted by Crippen LogP contribution is 2.27. The number of carbonyl (C=O) groups is 1. The molecule has 0 fully saturated rings. The standard InChI is InChI=1S/C21H21ClN2O3S/c1-14(27-19-6-4-3-5-18(19)26-2)20(25)23-12-11-17-13-28-21(24-17)15-7-9-16(22)10-8-15/h3-10,13-14H,11-12H2,1-2H3,(H,23,25)/t14-/m1/s1. The highest BCUT2D eigenvalue weighted by atomic mass is 35.5. The lowest BCUT2D eigenvalue weighted by atomic mass is 10.2. The van der Waals surface area contributed by atoms with Crippen LogP contribution in [0.25, 0.3) is 10.6 Å². The number of aromatic nitrogens is 1. The Hall–Kier alpha value is -2.57. The highest BCUT2D eigenvalue weighted by molar-refractivity contribution is 7.13. The predicted octanol–water partition coefficient (Wildman–Crippen LogP) is 4.60. The Morgan fingerprint density at radius 2 is 1.89 bits per heavy atom. The minimum atomic E-state index is -0.628. The molecule has 1 heterocycles. The number of amides is 1. The van der Waals surface area contributed by atoms with E-state index in [2.05, 4.69) is 10.3 Å². The topological polar surface area (TPSA) is 60.5 Å². The van der Waals surface area contributed by atoms with E-state index in [0.717, 1.165) is 16.3 Å². The second kappa shape index (κ2) is 9.57. The van der Waals surface area contributed by atoms with Gasteiger partial charge in [0.2, 0.25) is 0 Å².